The standard InChI is InChI=1S/C18H17F/c1-12-10-17-13(2)4-3-5-16(17)18(11-12)14-6-8-15(19)9-7-14/h6-11H,2-5H2,1H3. The van der Waals surface area contributed by atoms with E-state index in [1.807, 2.05) is 12.1 Å². The van der Waals surface area contributed by atoms with E-state index in [1.165, 1.54) is 40.0 Å². The smallest absolute Gasteiger partial charge is 0.123 e. The average molecular weight is 252 g/mol. The van der Waals surface area contributed by atoms with Crippen LogP contribution in [0.15, 0.2) is 43.0 Å². The summed E-state index contributed by atoms with van der Waals surface area (Å²) >= 11 is 0. The highest BCUT2D eigenvalue weighted by molar-refractivity contribution is 5.78. The van der Waals surface area contributed by atoms with E-state index >= 15 is 0 Å². The maximum absolute atomic E-state index is 13.1. The SMILES string of the molecule is C=C1CCCc2c1cc(C)cc2-c1ccc(F)cc1. The number of benzene rings is 2. The Hall–Kier alpha value is -1.89. The fourth-order valence-corrected chi connectivity index (χ4v) is 2.90. The van der Waals surface area contributed by atoms with Crippen molar-refractivity contribution < 1.29 is 4.39 Å². The van der Waals surface area contributed by atoms with Gasteiger partial charge < -0.3 is 0 Å². The largest absolute Gasteiger partial charge is 0.207 e. The van der Waals surface area contributed by atoms with Crippen LogP contribution in [0.1, 0.15) is 29.5 Å². The van der Waals surface area contributed by atoms with Gasteiger partial charge in [-0.3, -0.25) is 0 Å². The zero-order valence-corrected chi connectivity index (χ0v) is 11.2. The Bertz CT molecular complexity index is 635. The van der Waals surface area contributed by atoms with E-state index in [0.717, 1.165) is 24.8 Å². The van der Waals surface area contributed by atoms with Gasteiger partial charge in [0.2, 0.25) is 0 Å². The number of fused-ring (bicyclic) bond motifs is 1. The lowest BCUT2D eigenvalue weighted by Gasteiger charge is -2.22. The molecule has 96 valence electrons. The Labute approximate surface area is 113 Å². The van der Waals surface area contributed by atoms with Crippen LogP contribution in [-0.4, -0.2) is 0 Å². The normalized spacial score (nSPS) is 14.3. The second kappa shape index (κ2) is 4.65. The Balaban J connectivity index is 2.21. The molecule has 0 aromatic heterocycles. The summed E-state index contributed by atoms with van der Waals surface area (Å²) < 4.78 is 13.1. The molecule has 0 N–H and O–H groups in total. The van der Waals surface area contributed by atoms with Crippen LogP contribution in [0.5, 0.6) is 0 Å². The van der Waals surface area contributed by atoms with E-state index in [4.69, 9.17) is 0 Å². The molecule has 0 aliphatic heterocycles. The highest BCUT2D eigenvalue weighted by Crippen LogP contribution is 2.37. The Morgan fingerprint density at radius 2 is 1.68 bits per heavy atom. The van der Waals surface area contributed by atoms with Crippen molar-refractivity contribution in [1.29, 1.82) is 0 Å². The Kier molecular flexibility index (Phi) is 2.98. The molecule has 3 rings (SSSR count). The van der Waals surface area contributed by atoms with Crippen LogP contribution >= 0.6 is 0 Å². The second-order valence-corrected chi connectivity index (χ2v) is 5.30. The van der Waals surface area contributed by atoms with Crippen molar-refractivity contribution >= 4 is 5.57 Å². The van der Waals surface area contributed by atoms with Gasteiger partial charge in [-0.05, 0) is 71.7 Å². The van der Waals surface area contributed by atoms with E-state index in [0.29, 0.717) is 0 Å². The van der Waals surface area contributed by atoms with Crippen LogP contribution < -0.4 is 0 Å². The van der Waals surface area contributed by atoms with E-state index in [9.17, 15) is 4.39 Å². The summed E-state index contributed by atoms with van der Waals surface area (Å²) in [5.74, 6) is -0.185. The van der Waals surface area contributed by atoms with Gasteiger partial charge in [-0.25, -0.2) is 4.39 Å². The summed E-state index contributed by atoms with van der Waals surface area (Å²) in [7, 11) is 0. The molecule has 0 saturated heterocycles. The first kappa shape index (κ1) is 12.2. The van der Waals surface area contributed by atoms with Gasteiger partial charge in [-0.1, -0.05) is 30.8 Å². The molecule has 0 atom stereocenters. The highest BCUT2D eigenvalue weighted by Gasteiger charge is 2.17. The van der Waals surface area contributed by atoms with Gasteiger partial charge in [0.15, 0.2) is 0 Å². The molecule has 0 heterocycles. The molecule has 2 aromatic rings. The molecule has 0 spiro atoms. The number of hydrogen-bond donors (Lipinski definition) is 0. The van der Waals surface area contributed by atoms with Crippen molar-refractivity contribution in [3.8, 4) is 11.1 Å². The van der Waals surface area contributed by atoms with E-state index in [-0.39, 0.29) is 5.82 Å². The summed E-state index contributed by atoms with van der Waals surface area (Å²) in [6.07, 6.45) is 3.32. The molecular formula is C18H17F. The maximum Gasteiger partial charge on any atom is 0.123 e. The summed E-state index contributed by atoms with van der Waals surface area (Å²) in [5, 5.41) is 0. The lowest BCUT2D eigenvalue weighted by atomic mass is 9.82. The molecule has 1 heteroatoms. The maximum atomic E-state index is 13.1. The summed E-state index contributed by atoms with van der Waals surface area (Å²) in [4.78, 5) is 0. The summed E-state index contributed by atoms with van der Waals surface area (Å²) in [5.41, 5.74) is 7.46. The fraction of sp³-hybridized carbons (Fsp3) is 0.222. The number of halogens is 1. The molecule has 0 bridgehead atoms. The third-order valence-electron chi connectivity index (χ3n) is 3.84. The first-order valence-electron chi connectivity index (χ1n) is 6.73. The molecule has 19 heavy (non-hydrogen) atoms. The van der Waals surface area contributed by atoms with Gasteiger partial charge >= 0.3 is 0 Å². The number of hydrogen-bond acceptors (Lipinski definition) is 0. The molecule has 0 nitrogen and oxygen atoms in total. The Morgan fingerprint density at radius 1 is 1.00 bits per heavy atom. The minimum Gasteiger partial charge on any atom is -0.207 e. The molecule has 2 aromatic carbocycles. The van der Waals surface area contributed by atoms with Gasteiger partial charge in [-0.15, -0.1) is 0 Å². The zero-order chi connectivity index (χ0) is 13.4. The van der Waals surface area contributed by atoms with Crippen molar-refractivity contribution in [1.82, 2.24) is 0 Å². The first-order chi connectivity index (χ1) is 9.15. The van der Waals surface area contributed by atoms with Gasteiger partial charge in [0, 0.05) is 0 Å². The lowest BCUT2D eigenvalue weighted by Crippen LogP contribution is -2.04. The van der Waals surface area contributed by atoms with Crippen LogP contribution in [0, 0.1) is 12.7 Å². The molecule has 1 aliphatic carbocycles. The van der Waals surface area contributed by atoms with Crippen LogP contribution in [0.2, 0.25) is 0 Å². The molecule has 1 aliphatic rings. The van der Waals surface area contributed by atoms with Crippen molar-refractivity contribution in [2.75, 3.05) is 0 Å². The predicted octanol–water partition coefficient (Wildman–Crippen LogP) is 5.15. The van der Waals surface area contributed by atoms with Crippen LogP contribution in [-0.2, 0) is 6.42 Å². The molecule has 0 radical (unpaired) electrons. The molecular weight excluding hydrogens is 235 g/mol. The van der Waals surface area contributed by atoms with Gasteiger partial charge in [0.1, 0.15) is 5.82 Å². The van der Waals surface area contributed by atoms with Crippen molar-refractivity contribution in [2.24, 2.45) is 0 Å². The minimum atomic E-state index is -0.185. The molecule has 0 amide bonds. The minimum absolute atomic E-state index is 0.185. The van der Waals surface area contributed by atoms with Gasteiger partial charge in [-0.2, -0.15) is 0 Å². The number of allylic oxidation sites excluding steroid dienone is 1. The fourth-order valence-electron chi connectivity index (χ4n) is 2.90. The predicted molar refractivity (Wildman–Crippen MR) is 78.5 cm³/mol. The second-order valence-electron chi connectivity index (χ2n) is 5.30. The van der Waals surface area contributed by atoms with Crippen LogP contribution in [0.4, 0.5) is 4.39 Å². The zero-order valence-electron chi connectivity index (χ0n) is 11.2. The number of rotatable bonds is 1. The highest BCUT2D eigenvalue weighted by atomic mass is 19.1. The summed E-state index contributed by atoms with van der Waals surface area (Å²) in [6, 6.07) is 11.2. The molecule has 0 fully saturated rings. The lowest BCUT2D eigenvalue weighted by molar-refractivity contribution is 0.628. The van der Waals surface area contributed by atoms with E-state index in [1.54, 1.807) is 0 Å². The average Bonchev–Trinajstić information content (AvgIpc) is 2.40. The van der Waals surface area contributed by atoms with Gasteiger partial charge in [0.05, 0.1) is 0 Å². The van der Waals surface area contributed by atoms with E-state index < -0.39 is 0 Å². The van der Waals surface area contributed by atoms with Crippen molar-refractivity contribution in [2.45, 2.75) is 26.2 Å². The van der Waals surface area contributed by atoms with Crippen molar-refractivity contribution in [3.05, 3.63) is 65.5 Å². The van der Waals surface area contributed by atoms with Crippen molar-refractivity contribution in [3.63, 3.8) is 0 Å². The summed E-state index contributed by atoms with van der Waals surface area (Å²) in [6.45, 7) is 6.29. The monoisotopic (exact) mass is 252 g/mol. The molecule has 0 saturated carbocycles. The third kappa shape index (κ3) is 2.21. The molecule has 0 unspecified atom stereocenters. The first-order valence-corrected chi connectivity index (χ1v) is 6.73. The third-order valence-corrected chi connectivity index (χ3v) is 3.84. The number of aryl methyl sites for hydroxylation is 1. The van der Waals surface area contributed by atoms with Crippen LogP contribution in [0.3, 0.4) is 0 Å². The van der Waals surface area contributed by atoms with Crippen LogP contribution in [0.25, 0.3) is 16.7 Å². The van der Waals surface area contributed by atoms with E-state index in [2.05, 4.69) is 25.6 Å². The Morgan fingerprint density at radius 3 is 2.42 bits per heavy atom. The quantitative estimate of drug-likeness (QED) is 0.658. The topological polar surface area (TPSA) is 0 Å². The van der Waals surface area contributed by atoms with Gasteiger partial charge in [0.25, 0.3) is 0 Å².